The Balaban J connectivity index is 2.35. The summed E-state index contributed by atoms with van der Waals surface area (Å²) in [7, 11) is 3.15. The number of nitrogens with zero attached hydrogens (tertiary/aromatic N) is 2. The monoisotopic (exact) mass is 294 g/mol. The lowest BCUT2D eigenvalue weighted by atomic mass is 10.2. The van der Waals surface area contributed by atoms with Gasteiger partial charge in [-0.2, -0.15) is 4.98 Å². The maximum atomic E-state index is 5.92. The summed E-state index contributed by atoms with van der Waals surface area (Å²) in [5.74, 6) is 1.70. The van der Waals surface area contributed by atoms with Crippen molar-refractivity contribution in [2.45, 2.75) is 6.92 Å². The first-order valence-corrected chi connectivity index (χ1v) is 6.21. The lowest BCUT2D eigenvalue weighted by molar-refractivity contribution is 0.355. The predicted octanol–water partition coefficient (Wildman–Crippen LogP) is 2.78. The van der Waals surface area contributed by atoms with E-state index in [0.29, 0.717) is 28.7 Å². The van der Waals surface area contributed by atoms with E-state index in [4.69, 9.17) is 26.8 Å². The van der Waals surface area contributed by atoms with E-state index in [2.05, 4.69) is 15.3 Å². The molecule has 7 heteroatoms. The van der Waals surface area contributed by atoms with Crippen LogP contribution in [-0.2, 0) is 0 Å². The van der Waals surface area contributed by atoms with Gasteiger partial charge in [0.2, 0.25) is 5.28 Å². The van der Waals surface area contributed by atoms with Gasteiger partial charge < -0.3 is 20.5 Å². The van der Waals surface area contributed by atoms with E-state index in [1.54, 1.807) is 33.3 Å². The molecule has 0 amide bonds. The van der Waals surface area contributed by atoms with Crippen LogP contribution in [0, 0.1) is 6.92 Å². The van der Waals surface area contributed by atoms with Crippen LogP contribution in [0.2, 0.25) is 5.28 Å². The smallest absolute Gasteiger partial charge is 0.224 e. The number of anilines is 3. The zero-order valence-electron chi connectivity index (χ0n) is 11.4. The number of ether oxygens (including phenoxy) is 2. The molecule has 6 nitrogen and oxygen atoms in total. The van der Waals surface area contributed by atoms with Gasteiger partial charge in [0.15, 0.2) is 17.3 Å². The lowest BCUT2D eigenvalue weighted by Crippen LogP contribution is -2.04. The van der Waals surface area contributed by atoms with Crippen molar-refractivity contribution in [3.8, 4) is 11.5 Å². The van der Waals surface area contributed by atoms with Crippen molar-refractivity contribution in [3.63, 3.8) is 0 Å². The van der Waals surface area contributed by atoms with E-state index >= 15 is 0 Å². The summed E-state index contributed by atoms with van der Waals surface area (Å²) in [6.07, 6.45) is 0. The third-order valence-corrected chi connectivity index (χ3v) is 2.92. The third-order valence-electron chi connectivity index (χ3n) is 2.76. The van der Waals surface area contributed by atoms with Crippen LogP contribution < -0.4 is 20.5 Å². The number of aryl methyl sites for hydroxylation is 1. The Kier molecular flexibility index (Phi) is 4.14. The molecule has 0 saturated heterocycles. The highest BCUT2D eigenvalue weighted by Crippen LogP contribution is 2.32. The summed E-state index contributed by atoms with van der Waals surface area (Å²) >= 11 is 5.83. The zero-order chi connectivity index (χ0) is 14.7. The first-order valence-electron chi connectivity index (χ1n) is 5.83. The van der Waals surface area contributed by atoms with Gasteiger partial charge in [0.25, 0.3) is 0 Å². The van der Waals surface area contributed by atoms with E-state index in [-0.39, 0.29) is 5.28 Å². The molecule has 0 bridgehead atoms. The van der Waals surface area contributed by atoms with Crippen LogP contribution in [0.4, 0.5) is 17.2 Å². The second-order valence-electron chi connectivity index (χ2n) is 4.04. The Morgan fingerprint density at radius 3 is 2.50 bits per heavy atom. The summed E-state index contributed by atoms with van der Waals surface area (Å²) in [5, 5.41) is 3.22. The second-order valence-corrected chi connectivity index (χ2v) is 4.37. The minimum atomic E-state index is 0.139. The molecule has 0 atom stereocenters. The number of benzene rings is 1. The molecule has 0 radical (unpaired) electrons. The number of nitrogens with one attached hydrogen (secondary N) is 1. The summed E-state index contributed by atoms with van der Waals surface area (Å²) in [4.78, 5) is 8.05. The molecule has 2 rings (SSSR count). The fourth-order valence-electron chi connectivity index (χ4n) is 1.69. The van der Waals surface area contributed by atoms with Gasteiger partial charge in [0.1, 0.15) is 0 Å². The first-order chi connectivity index (χ1) is 9.55. The maximum Gasteiger partial charge on any atom is 0.224 e. The molecular formula is C13H15ClN4O2. The maximum absolute atomic E-state index is 5.92. The average molecular weight is 295 g/mol. The number of rotatable bonds is 4. The summed E-state index contributed by atoms with van der Waals surface area (Å²) in [6, 6.07) is 5.39. The fraction of sp³-hybridized carbons (Fsp3) is 0.231. The number of nitrogen functional groups attached to an aromatic ring is 1. The Labute approximate surface area is 121 Å². The highest BCUT2D eigenvalue weighted by atomic mass is 35.5. The van der Waals surface area contributed by atoms with E-state index < -0.39 is 0 Å². The largest absolute Gasteiger partial charge is 0.493 e. The van der Waals surface area contributed by atoms with E-state index in [0.717, 1.165) is 5.69 Å². The summed E-state index contributed by atoms with van der Waals surface area (Å²) in [6.45, 7) is 1.77. The highest BCUT2D eigenvalue weighted by Gasteiger charge is 2.10. The minimum Gasteiger partial charge on any atom is -0.493 e. The van der Waals surface area contributed by atoms with Crippen molar-refractivity contribution in [1.82, 2.24) is 9.97 Å². The van der Waals surface area contributed by atoms with E-state index in [1.807, 2.05) is 6.07 Å². The normalized spacial score (nSPS) is 10.2. The fourth-order valence-corrected chi connectivity index (χ4v) is 1.90. The average Bonchev–Trinajstić information content (AvgIpc) is 2.44. The van der Waals surface area contributed by atoms with Gasteiger partial charge in [-0.1, -0.05) is 0 Å². The molecule has 3 N–H and O–H groups in total. The van der Waals surface area contributed by atoms with Crippen molar-refractivity contribution in [1.29, 1.82) is 0 Å². The van der Waals surface area contributed by atoms with Crippen LogP contribution in [0.1, 0.15) is 5.69 Å². The molecule has 106 valence electrons. The zero-order valence-corrected chi connectivity index (χ0v) is 12.2. The molecule has 20 heavy (non-hydrogen) atoms. The van der Waals surface area contributed by atoms with Crippen molar-refractivity contribution < 1.29 is 9.47 Å². The topological polar surface area (TPSA) is 82.3 Å². The van der Waals surface area contributed by atoms with Crippen molar-refractivity contribution in [3.05, 3.63) is 29.2 Å². The molecule has 0 spiro atoms. The number of aromatic nitrogens is 2. The molecule has 0 aliphatic rings. The Bertz CT molecular complexity index is 634. The number of methoxy groups -OCH3 is 2. The molecular weight excluding hydrogens is 280 g/mol. The summed E-state index contributed by atoms with van der Waals surface area (Å²) in [5.41, 5.74) is 7.74. The molecule has 0 saturated carbocycles. The Morgan fingerprint density at radius 1 is 1.15 bits per heavy atom. The third kappa shape index (κ3) is 2.85. The van der Waals surface area contributed by atoms with E-state index in [1.165, 1.54) is 0 Å². The van der Waals surface area contributed by atoms with E-state index in [9.17, 15) is 0 Å². The van der Waals surface area contributed by atoms with Gasteiger partial charge in [0, 0.05) is 11.8 Å². The molecule has 1 aromatic heterocycles. The number of halogens is 1. The van der Waals surface area contributed by atoms with Crippen molar-refractivity contribution >= 4 is 28.8 Å². The number of hydrogen-bond donors (Lipinski definition) is 2. The van der Waals surface area contributed by atoms with Crippen molar-refractivity contribution in [2.24, 2.45) is 0 Å². The lowest BCUT2D eigenvalue weighted by Gasteiger charge is -2.12. The van der Waals surface area contributed by atoms with Crippen LogP contribution in [0.3, 0.4) is 0 Å². The SMILES string of the molecule is COc1ccc(Nc2nc(Cl)nc(C)c2N)cc1OC. The minimum absolute atomic E-state index is 0.139. The van der Waals surface area contributed by atoms with Gasteiger partial charge in [-0.15, -0.1) is 0 Å². The van der Waals surface area contributed by atoms with Crippen LogP contribution in [0.5, 0.6) is 11.5 Å². The molecule has 1 heterocycles. The van der Waals surface area contributed by atoms with Crippen LogP contribution in [0.15, 0.2) is 18.2 Å². The highest BCUT2D eigenvalue weighted by molar-refractivity contribution is 6.28. The van der Waals surface area contributed by atoms with Crippen LogP contribution in [-0.4, -0.2) is 24.2 Å². The van der Waals surface area contributed by atoms with Gasteiger partial charge in [-0.05, 0) is 30.7 Å². The Hall–Kier alpha value is -2.21. The number of nitrogens with two attached hydrogens (primary N) is 1. The predicted molar refractivity (Wildman–Crippen MR) is 79.0 cm³/mol. The molecule has 0 aliphatic carbocycles. The molecule has 2 aromatic rings. The summed E-state index contributed by atoms with van der Waals surface area (Å²) < 4.78 is 10.4. The van der Waals surface area contributed by atoms with Gasteiger partial charge in [-0.25, -0.2) is 4.98 Å². The van der Waals surface area contributed by atoms with Crippen LogP contribution >= 0.6 is 11.6 Å². The first kappa shape index (κ1) is 14.2. The quantitative estimate of drug-likeness (QED) is 0.844. The second kappa shape index (κ2) is 5.83. The molecule has 0 aliphatic heterocycles. The van der Waals surface area contributed by atoms with Crippen molar-refractivity contribution in [2.75, 3.05) is 25.3 Å². The Morgan fingerprint density at radius 2 is 1.85 bits per heavy atom. The molecule has 0 unspecified atom stereocenters. The standard InChI is InChI=1S/C13H15ClN4O2/c1-7-11(15)12(18-13(14)16-7)17-8-4-5-9(19-2)10(6-8)20-3/h4-6H,15H2,1-3H3,(H,16,17,18). The van der Waals surface area contributed by atoms with Gasteiger partial charge >= 0.3 is 0 Å². The molecule has 0 fully saturated rings. The molecule has 1 aromatic carbocycles. The van der Waals surface area contributed by atoms with Gasteiger partial charge in [0.05, 0.1) is 25.6 Å². The van der Waals surface area contributed by atoms with Gasteiger partial charge in [-0.3, -0.25) is 0 Å². The number of hydrogen-bond acceptors (Lipinski definition) is 6. The van der Waals surface area contributed by atoms with Crippen LogP contribution in [0.25, 0.3) is 0 Å².